The zero-order valence-corrected chi connectivity index (χ0v) is 45.5. The van der Waals surface area contributed by atoms with E-state index in [0.717, 1.165) is 115 Å². The molecule has 3 aliphatic heterocycles. The number of hydrogen-bond donors (Lipinski definition) is 4. The summed E-state index contributed by atoms with van der Waals surface area (Å²) in [5.41, 5.74) is 7.66. The Balaban J connectivity index is 0.721. The lowest BCUT2D eigenvalue weighted by molar-refractivity contribution is -0.144. The number of aromatic nitrogens is 5. The third kappa shape index (κ3) is 11.9. The van der Waals surface area contributed by atoms with Crippen molar-refractivity contribution < 1.29 is 29.0 Å². The molecule has 4 atom stereocenters. The van der Waals surface area contributed by atoms with Crippen molar-refractivity contribution in [2.75, 3.05) is 38.2 Å². The highest BCUT2D eigenvalue weighted by Gasteiger charge is 2.45. The van der Waals surface area contributed by atoms with Gasteiger partial charge in [-0.2, -0.15) is 5.26 Å². The number of anilines is 1. The standard InChI is InChI=1S/C57H72N12O6S/c1-7-44-50-43(29-58)61-33-68(50)46-31-59-48(64-53(46)69(44)41-12-8-9-13-41)27-38-19-20-39(26-47(38)75-6)54(72)63-40-21-24-66(25-22-40)23-11-10-14-49(71)65-52(57(3,4)5)56(74)67-32-42(70)28-45(67)55(73)60-30-36-15-17-37(18-16-36)51-35(2)62-34-76-51/h15-20,26,31,33-34,40-42,44-45,52,70H,7-14,21-25,27-28,30,32H2,1-6H3,(H,60,73)(H,63,72)(H,65,71)/t42-,44-,45+,52-/m1/s1. The average molecular weight is 1050 g/mol. The van der Waals surface area contributed by atoms with Gasteiger partial charge in [-0.25, -0.2) is 19.9 Å². The monoisotopic (exact) mass is 1050 g/mol. The molecule has 5 aromatic rings. The number of rotatable bonds is 18. The summed E-state index contributed by atoms with van der Waals surface area (Å²) >= 11 is 1.58. The summed E-state index contributed by atoms with van der Waals surface area (Å²) < 4.78 is 7.82. The summed E-state index contributed by atoms with van der Waals surface area (Å²) in [5, 5.41) is 29.8. The van der Waals surface area contributed by atoms with Crippen molar-refractivity contribution in [3.63, 3.8) is 0 Å². The van der Waals surface area contributed by atoms with E-state index in [1.807, 2.05) is 80.4 Å². The Morgan fingerprint density at radius 2 is 1.76 bits per heavy atom. The number of hydrogen-bond acceptors (Lipinski definition) is 14. The SMILES string of the molecule is CC[C@@H]1c2c(C#N)ncn2-c2cnc(Cc3ccc(C(=O)NC4CCN(CCCCC(=O)N[C@H](C(=O)N5C[C@H](O)C[C@H]5C(=O)NCc5ccc(-c6scnc6C)cc5)C(C)(C)C)CC4)cc3OC)nc2N1C1CCCC1. The van der Waals surface area contributed by atoms with Crippen LogP contribution in [0.25, 0.3) is 16.1 Å². The highest BCUT2D eigenvalue weighted by atomic mass is 32.1. The van der Waals surface area contributed by atoms with Crippen LogP contribution in [0.15, 0.2) is 60.5 Å². The van der Waals surface area contributed by atoms with Crippen molar-refractivity contribution in [1.82, 2.24) is 50.3 Å². The molecule has 3 aromatic heterocycles. The lowest BCUT2D eigenvalue weighted by Gasteiger charge is -2.42. The Labute approximate surface area is 449 Å². The first-order valence-electron chi connectivity index (χ1n) is 27.0. The molecular formula is C57H72N12O6S. The van der Waals surface area contributed by atoms with Crippen LogP contribution < -0.4 is 25.6 Å². The first-order chi connectivity index (χ1) is 36.6. The number of nitrogens with zero attached hydrogens (tertiary/aromatic N) is 9. The van der Waals surface area contributed by atoms with Crippen LogP contribution in [0.2, 0.25) is 0 Å². The number of fused-ring (bicyclic) bond motifs is 3. The van der Waals surface area contributed by atoms with Crippen LogP contribution in [0.4, 0.5) is 5.82 Å². The number of carbonyl (C=O) groups excluding carboxylic acids is 4. The zero-order valence-electron chi connectivity index (χ0n) is 44.7. The van der Waals surface area contributed by atoms with E-state index in [1.165, 1.54) is 4.90 Å². The molecule has 18 nitrogen and oxygen atoms in total. The topological polar surface area (TPSA) is 224 Å². The number of nitriles is 1. The van der Waals surface area contributed by atoms with Crippen LogP contribution in [0.1, 0.15) is 149 Å². The molecule has 402 valence electrons. The fraction of sp³-hybridized carbons (Fsp3) is 0.526. The highest BCUT2D eigenvalue weighted by Crippen LogP contribution is 2.44. The number of ether oxygens (including phenoxy) is 1. The van der Waals surface area contributed by atoms with Crippen molar-refractivity contribution in [3.05, 3.63) is 100 Å². The lowest BCUT2D eigenvalue weighted by atomic mass is 9.85. The fourth-order valence-electron chi connectivity index (χ4n) is 11.5. The predicted octanol–water partition coefficient (Wildman–Crippen LogP) is 6.95. The second-order valence-corrected chi connectivity index (χ2v) is 22.8. The molecular weight excluding hydrogens is 981 g/mol. The third-order valence-electron chi connectivity index (χ3n) is 15.6. The van der Waals surface area contributed by atoms with Crippen molar-refractivity contribution in [1.29, 1.82) is 5.26 Å². The van der Waals surface area contributed by atoms with Crippen molar-refractivity contribution in [2.24, 2.45) is 5.41 Å². The molecule has 0 unspecified atom stereocenters. The molecule has 1 aliphatic carbocycles. The van der Waals surface area contributed by atoms with Gasteiger partial charge in [-0.1, -0.05) is 70.9 Å². The molecule has 0 radical (unpaired) electrons. The largest absolute Gasteiger partial charge is 0.496 e. The van der Waals surface area contributed by atoms with Gasteiger partial charge in [-0.05, 0) is 87.1 Å². The number of likely N-dealkylation sites (tertiary alicyclic amines) is 2. The van der Waals surface area contributed by atoms with Gasteiger partial charge in [0.05, 0.1) is 47.2 Å². The van der Waals surface area contributed by atoms with E-state index in [0.29, 0.717) is 41.7 Å². The van der Waals surface area contributed by atoms with Gasteiger partial charge in [-0.15, -0.1) is 11.3 Å². The summed E-state index contributed by atoms with van der Waals surface area (Å²) in [6, 6.07) is 14.3. The van der Waals surface area contributed by atoms with E-state index in [1.54, 1.807) is 30.8 Å². The molecule has 0 spiro atoms. The van der Waals surface area contributed by atoms with Crippen LogP contribution in [-0.2, 0) is 27.3 Å². The molecule has 9 rings (SSSR count). The highest BCUT2D eigenvalue weighted by molar-refractivity contribution is 7.13. The molecule has 1 saturated carbocycles. The maximum atomic E-state index is 14.1. The number of unbranched alkanes of at least 4 members (excludes halogenated alkanes) is 1. The van der Waals surface area contributed by atoms with Gasteiger partial charge in [0, 0.05) is 68.7 Å². The average Bonchev–Trinajstić information content (AvgIpc) is 4.31. The molecule has 2 saturated heterocycles. The van der Waals surface area contributed by atoms with Gasteiger partial charge in [0.1, 0.15) is 41.7 Å². The van der Waals surface area contributed by atoms with Gasteiger partial charge in [0.25, 0.3) is 5.91 Å². The number of aliphatic hydroxyl groups is 1. The van der Waals surface area contributed by atoms with E-state index >= 15 is 0 Å². The van der Waals surface area contributed by atoms with Gasteiger partial charge < -0.3 is 40.5 Å². The molecule has 76 heavy (non-hydrogen) atoms. The summed E-state index contributed by atoms with van der Waals surface area (Å²) in [5.74, 6) is 0.976. The second-order valence-electron chi connectivity index (χ2n) is 21.9. The van der Waals surface area contributed by atoms with Crippen LogP contribution in [-0.4, -0.2) is 127 Å². The van der Waals surface area contributed by atoms with Crippen LogP contribution in [0.3, 0.4) is 0 Å². The number of thiazole rings is 1. The Bertz CT molecular complexity index is 2930. The van der Waals surface area contributed by atoms with Crippen LogP contribution in [0, 0.1) is 23.7 Å². The summed E-state index contributed by atoms with van der Waals surface area (Å²) in [4.78, 5) is 80.7. The summed E-state index contributed by atoms with van der Waals surface area (Å²) in [7, 11) is 1.61. The number of aliphatic hydroxyl groups excluding tert-OH is 1. The molecule has 19 heteroatoms. The number of benzene rings is 2. The van der Waals surface area contributed by atoms with E-state index in [-0.39, 0.29) is 61.6 Å². The van der Waals surface area contributed by atoms with Crippen molar-refractivity contribution in [2.45, 2.75) is 155 Å². The maximum Gasteiger partial charge on any atom is 0.251 e. The Morgan fingerprint density at radius 1 is 1.00 bits per heavy atom. The number of carbonyl (C=O) groups is 4. The van der Waals surface area contributed by atoms with Crippen molar-refractivity contribution >= 4 is 40.8 Å². The number of methoxy groups -OCH3 is 1. The molecule has 2 aromatic carbocycles. The quantitative estimate of drug-likeness (QED) is 0.0653. The van der Waals surface area contributed by atoms with Gasteiger partial charge in [0.2, 0.25) is 17.7 Å². The third-order valence-corrected chi connectivity index (χ3v) is 16.6. The lowest BCUT2D eigenvalue weighted by Crippen LogP contribution is -2.57. The van der Waals surface area contributed by atoms with E-state index in [9.17, 15) is 29.5 Å². The van der Waals surface area contributed by atoms with Crippen LogP contribution in [0.5, 0.6) is 5.75 Å². The molecule has 0 bridgehead atoms. The fourth-order valence-corrected chi connectivity index (χ4v) is 12.3. The number of imidazole rings is 1. The van der Waals surface area contributed by atoms with E-state index < -0.39 is 23.6 Å². The zero-order chi connectivity index (χ0) is 53.7. The number of aryl methyl sites for hydroxylation is 1. The minimum absolute atomic E-state index is 0.0139. The molecule has 6 heterocycles. The maximum absolute atomic E-state index is 14.1. The minimum Gasteiger partial charge on any atom is -0.496 e. The smallest absolute Gasteiger partial charge is 0.251 e. The number of piperidine rings is 1. The van der Waals surface area contributed by atoms with Gasteiger partial charge in [-0.3, -0.25) is 23.7 Å². The van der Waals surface area contributed by atoms with E-state index in [4.69, 9.17) is 14.7 Å². The molecule has 4 amide bonds. The van der Waals surface area contributed by atoms with E-state index in [2.05, 4.69) is 48.7 Å². The second kappa shape index (κ2) is 23.6. The number of amides is 4. The van der Waals surface area contributed by atoms with Crippen molar-refractivity contribution in [3.8, 4) is 27.9 Å². The van der Waals surface area contributed by atoms with Gasteiger partial charge in [0.15, 0.2) is 11.5 Å². The molecule has 4 aliphatic rings. The number of β-amino-alcohol motifs (C(OH)–C–C–N with tert-alkyl or cyclic N) is 1. The summed E-state index contributed by atoms with van der Waals surface area (Å²) in [6.07, 6.45) is 11.8. The number of nitrogens with one attached hydrogen (secondary N) is 3. The first kappa shape index (κ1) is 54.1. The summed E-state index contributed by atoms with van der Waals surface area (Å²) in [6.45, 7) is 12.5. The Morgan fingerprint density at radius 3 is 2.45 bits per heavy atom. The first-order valence-corrected chi connectivity index (χ1v) is 27.9. The minimum atomic E-state index is -0.887. The Kier molecular flexibility index (Phi) is 16.8. The normalized spacial score (nSPS) is 19.4. The van der Waals surface area contributed by atoms with Crippen LogP contribution >= 0.6 is 11.3 Å². The molecule has 3 fully saturated rings. The molecule has 4 N–H and O–H groups in total. The Hall–Kier alpha value is -6.75. The predicted molar refractivity (Wildman–Crippen MR) is 290 cm³/mol. The van der Waals surface area contributed by atoms with Gasteiger partial charge >= 0.3 is 0 Å².